The molecular formula is C27H40N7O17P3S. The van der Waals surface area contributed by atoms with Crippen molar-refractivity contribution in [2.45, 2.75) is 45.6 Å². The highest BCUT2D eigenvalue weighted by atomic mass is 32.2. The van der Waals surface area contributed by atoms with Gasteiger partial charge in [-0.25, -0.2) is 28.6 Å². The number of aliphatic hydroxyl groups is 1. The zero-order chi connectivity index (χ0) is 41.5. The molecule has 24 nitrogen and oxygen atoms in total. The molecule has 28 heteroatoms. The molecule has 0 aliphatic carbocycles. The highest BCUT2D eigenvalue weighted by molar-refractivity contribution is 8.16. The third-order valence-electron chi connectivity index (χ3n) is 6.44. The van der Waals surface area contributed by atoms with Crippen molar-refractivity contribution in [3.05, 3.63) is 48.6 Å². The van der Waals surface area contributed by atoms with Crippen molar-refractivity contribution in [3.63, 3.8) is 0 Å². The number of rotatable bonds is 24. The van der Waals surface area contributed by atoms with E-state index < -0.39 is 79.0 Å². The normalized spacial score (nSPS) is 16.5. The minimum atomic E-state index is -5.58. The van der Waals surface area contributed by atoms with Gasteiger partial charge >= 0.3 is 23.5 Å². The number of fused-ring (bicyclic) bond motifs is 1. The average Bonchev–Trinajstić information content (AvgIpc) is 3.53. The number of phosphoric ester groups is 3. The summed E-state index contributed by atoms with van der Waals surface area (Å²) in [5, 5.41) is 16.3. The second-order valence-corrected chi connectivity index (χ2v) is 16.6. The highest BCUT2D eigenvalue weighted by Gasteiger charge is 2.41. The Morgan fingerprint density at radius 2 is 1.71 bits per heavy atom. The number of thioether (sulfide) groups is 1. The third-order valence-corrected chi connectivity index (χ3v) is 10.1. The van der Waals surface area contributed by atoms with E-state index in [1.54, 1.807) is 25.2 Å². The van der Waals surface area contributed by atoms with Crippen LogP contribution in [0.25, 0.3) is 11.2 Å². The number of nitrogens with two attached hydrogens (primary N) is 1. The lowest BCUT2D eigenvalue weighted by Gasteiger charge is -2.30. The lowest BCUT2D eigenvalue weighted by molar-refractivity contribution is -0.137. The van der Waals surface area contributed by atoms with E-state index in [-0.39, 0.29) is 41.3 Å². The summed E-state index contributed by atoms with van der Waals surface area (Å²) < 4.78 is 60.9. The topological polar surface area (TPSA) is 360 Å². The van der Waals surface area contributed by atoms with Crippen LogP contribution in [0.3, 0.4) is 0 Å². The van der Waals surface area contributed by atoms with Gasteiger partial charge in [0.1, 0.15) is 24.1 Å². The molecule has 306 valence electrons. The Morgan fingerprint density at radius 3 is 2.36 bits per heavy atom. The van der Waals surface area contributed by atoms with E-state index in [2.05, 4.69) is 38.9 Å². The van der Waals surface area contributed by atoms with Gasteiger partial charge in [-0.2, -0.15) is 4.31 Å². The second kappa shape index (κ2) is 21.7. The number of aromatic nitrogens is 4. The Hall–Kier alpha value is -3.51. The maximum atomic E-state index is 12.6. The summed E-state index contributed by atoms with van der Waals surface area (Å²) in [5.74, 6) is -1.61. The van der Waals surface area contributed by atoms with Crippen LogP contribution < -0.4 is 16.4 Å². The Labute approximate surface area is 317 Å². The minimum Gasteiger partial charge on any atom is -0.383 e. The van der Waals surface area contributed by atoms with Crippen LogP contribution in [0.2, 0.25) is 0 Å². The Morgan fingerprint density at radius 1 is 1.04 bits per heavy atom. The van der Waals surface area contributed by atoms with Crippen LogP contribution in [0, 0.1) is 5.41 Å². The van der Waals surface area contributed by atoms with Gasteiger partial charge in [0, 0.05) is 24.6 Å². The van der Waals surface area contributed by atoms with Gasteiger partial charge in [-0.05, 0) is 18.4 Å². The summed E-state index contributed by atoms with van der Waals surface area (Å²) >= 11 is 0.816. The second-order valence-electron chi connectivity index (χ2n) is 11.4. The Balaban J connectivity index is 1.93. The van der Waals surface area contributed by atoms with Crippen molar-refractivity contribution in [1.29, 1.82) is 0 Å². The molecule has 0 radical (unpaired) electrons. The molecule has 2 aromatic rings. The van der Waals surface area contributed by atoms with Crippen molar-refractivity contribution in [1.82, 2.24) is 30.2 Å². The van der Waals surface area contributed by atoms with Crippen molar-refractivity contribution in [2.75, 3.05) is 32.1 Å². The van der Waals surface area contributed by atoms with Gasteiger partial charge in [0.2, 0.25) is 16.9 Å². The number of hydrogen-bond donors (Lipinski definition) is 8. The molecule has 0 saturated carbocycles. The molecule has 0 bridgehead atoms. The third kappa shape index (κ3) is 17.4. The van der Waals surface area contributed by atoms with Gasteiger partial charge in [0.05, 0.1) is 26.1 Å². The van der Waals surface area contributed by atoms with Gasteiger partial charge in [-0.3, -0.25) is 37.3 Å². The summed E-state index contributed by atoms with van der Waals surface area (Å²) in [4.78, 5) is 98.1. The number of aliphatic hydroxyl groups excluding tert-OH is 1. The number of allylic oxidation sites excluding steroid dienone is 3. The van der Waals surface area contributed by atoms with Crippen molar-refractivity contribution >= 4 is 75.4 Å². The number of phosphoric acid groups is 3. The molecule has 2 amide bonds. The summed E-state index contributed by atoms with van der Waals surface area (Å²) in [5.41, 5.74) is 4.13. The van der Waals surface area contributed by atoms with Crippen molar-refractivity contribution in [3.8, 4) is 0 Å². The maximum absolute atomic E-state index is 12.6. The number of nitrogens with zero attached hydrogens (tertiary/aromatic N) is 4. The van der Waals surface area contributed by atoms with Crippen LogP contribution in [-0.2, 0) is 55.5 Å². The highest BCUT2D eigenvalue weighted by Crippen LogP contribution is 2.61. The lowest BCUT2D eigenvalue weighted by Crippen LogP contribution is -2.46. The standard InChI is InChI=1S/C27H40N7O17P3S/c1-4-5-6-7-21(37)55-11-10-29-19(36)8-9-30-26(39)23(38)27(2,3)15-49-54(45,46)51-53(43,44)48-14-18(13-47-52(40,41)42)50-20(12-35)34-17-33-22-24(28)31-16-32-25(22)34/h4-7,10-12,16-18,20,23,38H,8-9,13-15H2,1-3H3,(H,29,36)(H,30,39)(H,43,44)(H,45,46)(H2,28,31,32)(H2,40,41,42)/b5-4+,7-6+,11-10+/t18-,20+,23-/m0/s1. The minimum absolute atomic E-state index is 0.00802. The average molecular weight is 860 g/mol. The zero-order valence-corrected chi connectivity index (χ0v) is 32.7. The summed E-state index contributed by atoms with van der Waals surface area (Å²) in [6.07, 6.45) is 4.27. The Kier molecular flexibility index (Phi) is 18.8. The number of anilines is 1. The lowest BCUT2D eigenvalue weighted by atomic mass is 9.87. The van der Waals surface area contributed by atoms with Crippen LogP contribution in [-0.4, -0.2) is 106 Å². The molecule has 9 N–H and O–H groups in total. The number of amides is 2. The molecule has 0 aliphatic rings. The molecule has 0 aliphatic heterocycles. The van der Waals surface area contributed by atoms with Gasteiger partial charge in [-0.1, -0.05) is 43.8 Å². The SMILES string of the molecule is C/C=C/C=C/C(=O)S/C=C/NC(=O)CCNC(=O)[C@H](O)C(C)(C)COP(=O)(O)OP(=O)(O)OC[C@H](COP(=O)(O)O)O[C@H](C=O)n1cnc2c(N)ncnc21. The van der Waals surface area contributed by atoms with Crippen molar-refractivity contribution < 1.29 is 80.2 Å². The number of ether oxygens (including phenoxy) is 1. The van der Waals surface area contributed by atoms with Gasteiger partial charge < -0.3 is 45.8 Å². The van der Waals surface area contributed by atoms with Crippen LogP contribution in [0.4, 0.5) is 5.82 Å². The molecule has 2 aromatic heterocycles. The van der Waals surface area contributed by atoms with Crippen LogP contribution >= 0.6 is 35.2 Å². The first-order valence-corrected chi connectivity index (χ1v) is 20.8. The van der Waals surface area contributed by atoms with Gasteiger partial charge in [0.15, 0.2) is 24.0 Å². The van der Waals surface area contributed by atoms with E-state index in [1.807, 2.05) is 0 Å². The van der Waals surface area contributed by atoms with Gasteiger partial charge in [-0.15, -0.1) is 0 Å². The number of carbonyl (C=O) groups is 4. The van der Waals surface area contributed by atoms with Crippen LogP contribution in [0.5, 0.6) is 0 Å². The number of nitrogen functional groups attached to an aromatic ring is 1. The molecular weight excluding hydrogens is 819 g/mol. The van der Waals surface area contributed by atoms with E-state index in [0.717, 1.165) is 29.0 Å². The maximum Gasteiger partial charge on any atom is 0.481 e. The zero-order valence-electron chi connectivity index (χ0n) is 29.2. The predicted octanol–water partition coefficient (Wildman–Crippen LogP) is 0.724. The van der Waals surface area contributed by atoms with E-state index in [1.165, 1.54) is 31.5 Å². The molecule has 0 saturated heterocycles. The number of aldehydes is 1. The van der Waals surface area contributed by atoms with E-state index >= 15 is 0 Å². The van der Waals surface area contributed by atoms with Gasteiger partial charge in [0.25, 0.3) is 0 Å². The molecule has 0 fully saturated rings. The predicted molar refractivity (Wildman–Crippen MR) is 192 cm³/mol. The summed E-state index contributed by atoms with van der Waals surface area (Å²) in [7, 11) is -16.3. The molecule has 2 rings (SSSR count). The first-order valence-electron chi connectivity index (χ1n) is 15.4. The van der Waals surface area contributed by atoms with Crippen LogP contribution in [0.15, 0.2) is 48.6 Å². The summed E-state index contributed by atoms with van der Waals surface area (Å²) in [6, 6.07) is 0. The Bertz CT molecular complexity index is 1890. The van der Waals surface area contributed by atoms with E-state index in [4.69, 9.17) is 24.8 Å². The number of hydrogen-bond acceptors (Lipinski definition) is 18. The molecule has 55 heavy (non-hydrogen) atoms. The molecule has 2 heterocycles. The smallest absolute Gasteiger partial charge is 0.383 e. The largest absolute Gasteiger partial charge is 0.481 e. The number of nitrogens with one attached hydrogen (secondary N) is 2. The monoisotopic (exact) mass is 859 g/mol. The first-order chi connectivity index (χ1) is 25.6. The first kappa shape index (κ1) is 47.6. The van der Waals surface area contributed by atoms with E-state index in [0.29, 0.717) is 0 Å². The molecule has 0 aromatic carbocycles. The summed E-state index contributed by atoms with van der Waals surface area (Å²) in [6.45, 7) is 0.882. The quantitative estimate of drug-likeness (QED) is 0.0312. The fourth-order valence-electron chi connectivity index (χ4n) is 3.74. The molecule has 5 atom stereocenters. The molecule has 2 unspecified atom stereocenters. The fourth-order valence-corrected chi connectivity index (χ4v) is 6.80. The van der Waals surface area contributed by atoms with Crippen LogP contribution in [0.1, 0.15) is 33.4 Å². The molecule has 0 spiro atoms. The number of carbonyl (C=O) groups excluding carboxylic acids is 4. The fraction of sp³-hybridized carbons (Fsp3) is 0.444. The van der Waals surface area contributed by atoms with E-state index in [9.17, 15) is 47.8 Å². The van der Waals surface area contributed by atoms with Crippen molar-refractivity contribution in [2.24, 2.45) is 5.41 Å². The number of imidazole rings is 1.